The highest BCUT2D eigenvalue weighted by molar-refractivity contribution is 8.04. The number of rotatable bonds is 4. The summed E-state index contributed by atoms with van der Waals surface area (Å²) in [6, 6.07) is 16.0. The summed E-state index contributed by atoms with van der Waals surface area (Å²) >= 11 is 7.36. The lowest BCUT2D eigenvalue weighted by Crippen LogP contribution is -2.31. The van der Waals surface area contributed by atoms with Gasteiger partial charge >= 0.3 is 0 Å². The van der Waals surface area contributed by atoms with Crippen LogP contribution in [-0.4, -0.2) is 17.1 Å². The Hall–Kier alpha value is -2.04. The molecule has 3 rings (SSSR count). The molecule has 2 aromatic carbocycles. The van der Waals surface area contributed by atoms with Crippen LogP contribution in [0.15, 0.2) is 59.5 Å². The second-order valence-corrected chi connectivity index (χ2v) is 7.68. The summed E-state index contributed by atoms with van der Waals surface area (Å²) in [5.74, 6) is -0.563. The fraction of sp³-hybridized carbons (Fsp3) is 0.158. The summed E-state index contributed by atoms with van der Waals surface area (Å²) in [7, 11) is 0. The van der Waals surface area contributed by atoms with E-state index >= 15 is 0 Å². The average molecular weight is 358 g/mol. The predicted octanol–water partition coefficient (Wildman–Crippen LogP) is 4.77. The first kappa shape index (κ1) is 16.8. The van der Waals surface area contributed by atoms with Gasteiger partial charge in [0.15, 0.2) is 0 Å². The Morgan fingerprint density at radius 1 is 0.917 bits per heavy atom. The minimum atomic E-state index is -0.295. The minimum absolute atomic E-state index is 0.190. The van der Waals surface area contributed by atoms with Gasteiger partial charge in [0, 0.05) is 10.3 Å². The highest BCUT2D eigenvalue weighted by Crippen LogP contribution is 2.39. The maximum Gasteiger partial charge on any atom is 0.272 e. The van der Waals surface area contributed by atoms with Gasteiger partial charge in [-0.3, -0.25) is 9.59 Å². The van der Waals surface area contributed by atoms with Gasteiger partial charge in [0.2, 0.25) is 0 Å². The molecule has 1 heterocycles. The number of benzene rings is 2. The first-order chi connectivity index (χ1) is 11.5. The third-order valence-corrected chi connectivity index (χ3v) is 4.88. The van der Waals surface area contributed by atoms with Crippen molar-refractivity contribution in [1.82, 2.24) is 0 Å². The molecule has 5 heteroatoms. The molecule has 0 fully saturated rings. The molecule has 0 unspecified atom stereocenters. The van der Waals surface area contributed by atoms with Crippen molar-refractivity contribution in [1.29, 1.82) is 0 Å². The van der Waals surface area contributed by atoms with Crippen LogP contribution in [0.4, 0.5) is 5.69 Å². The molecule has 0 N–H and O–H groups in total. The smallest absolute Gasteiger partial charge is 0.268 e. The van der Waals surface area contributed by atoms with Crippen molar-refractivity contribution in [2.24, 2.45) is 0 Å². The lowest BCUT2D eigenvalue weighted by molar-refractivity contribution is -0.119. The van der Waals surface area contributed by atoms with E-state index in [1.165, 1.54) is 16.7 Å². The van der Waals surface area contributed by atoms with E-state index in [0.29, 0.717) is 26.8 Å². The third kappa shape index (κ3) is 3.12. The zero-order chi connectivity index (χ0) is 17.3. The number of thioether (sulfide) groups is 1. The highest BCUT2D eigenvalue weighted by atomic mass is 35.5. The molecule has 0 aliphatic carbocycles. The number of hydrogen-bond donors (Lipinski definition) is 0. The lowest BCUT2D eigenvalue weighted by atomic mass is 10.1. The van der Waals surface area contributed by atoms with Crippen LogP contribution in [0.1, 0.15) is 19.4 Å². The summed E-state index contributed by atoms with van der Waals surface area (Å²) < 4.78 is 0. The normalized spacial score (nSPS) is 14.9. The molecule has 2 amide bonds. The number of amides is 2. The van der Waals surface area contributed by atoms with E-state index in [1.54, 1.807) is 36.4 Å². The zero-order valence-corrected chi connectivity index (χ0v) is 14.9. The van der Waals surface area contributed by atoms with Crippen LogP contribution >= 0.6 is 23.4 Å². The Kier molecular flexibility index (Phi) is 4.78. The van der Waals surface area contributed by atoms with E-state index in [2.05, 4.69) is 0 Å². The average Bonchev–Trinajstić information content (AvgIpc) is 2.79. The number of para-hydroxylation sites is 1. The molecule has 24 heavy (non-hydrogen) atoms. The maximum atomic E-state index is 13.0. The van der Waals surface area contributed by atoms with Gasteiger partial charge < -0.3 is 0 Å². The van der Waals surface area contributed by atoms with Gasteiger partial charge in [-0.15, -0.1) is 11.8 Å². The van der Waals surface area contributed by atoms with Gasteiger partial charge in [-0.1, -0.05) is 55.8 Å². The Morgan fingerprint density at radius 3 is 2.12 bits per heavy atom. The Morgan fingerprint density at radius 2 is 1.54 bits per heavy atom. The fourth-order valence-electron chi connectivity index (χ4n) is 2.54. The van der Waals surface area contributed by atoms with Gasteiger partial charge in [-0.2, -0.15) is 0 Å². The number of anilines is 1. The topological polar surface area (TPSA) is 37.4 Å². The molecular formula is C19H16ClNO2S. The molecule has 0 aromatic heterocycles. The molecule has 0 bridgehead atoms. The summed E-state index contributed by atoms with van der Waals surface area (Å²) in [5, 5.41) is 0.781. The van der Waals surface area contributed by atoms with E-state index in [4.69, 9.17) is 11.6 Å². The Labute approximate surface area is 150 Å². The van der Waals surface area contributed by atoms with Crippen molar-refractivity contribution >= 4 is 46.4 Å². The van der Waals surface area contributed by atoms with Crippen molar-refractivity contribution in [2.75, 3.05) is 4.90 Å². The standard InChI is InChI=1S/C19H16ClNO2S/c1-12(2)24-17-16(13-8-10-14(20)11-9-13)18(22)21(19(17)23)15-6-4-3-5-7-15/h3-12H,1-2H3. The largest absolute Gasteiger partial charge is 0.272 e. The van der Waals surface area contributed by atoms with Crippen LogP contribution in [0.5, 0.6) is 0 Å². The maximum absolute atomic E-state index is 13.0. The van der Waals surface area contributed by atoms with E-state index in [-0.39, 0.29) is 17.1 Å². The molecule has 0 radical (unpaired) electrons. The van der Waals surface area contributed by atoms with Gasteiger partial charge in [0.1, 0.15) is 0 Å². The Bertz CT molecular complexity index is 813. The van der Waals surface area contributed by atoms with Crippen LogP contribution in [0.2, 0.25) is 5.02 Å². The van der Waals surface area contributed by atoms with Gasteiger partial charge in [-0.05, 0) is 29.8 Å². The third-order valence-electron chi connectivity index (χ3n) is 3.54. The molecule has 3 nitrogen and oxygen atoms in total. The molecule has 1 aliphatic rings. The van der Waals surface area contributed by atoms with Crippen LogP contribution in [0, 0.1) is 0 Å². The van der Waals surface area contributed by atoms with E-state index in [9.17, 15) is 9.59 Å². The molecule has 122 valence electrons. The highest BCUT2D eigenvalue weighted by Gasteiger charge is 2.40. The number of nitrogens with zero attached hydrogens (tertiary/aromatic N) is 1. The van der Waals surface area contributed by atoms with Gasteiger partial charge in [0.25, 0.3) is 11.8 Å². The first-order valence-corrected chi connectivity index (χ1v) is 8.85. The molecule has 2 aromatic rings. The second kappa shape index (κ2) is 6.83. The van der Waals surface area contributed by atoms with E-state index < -0.39 is 0 Å². The monoisotopic (exact) mass is 357 g/mol. The molecule has 0 saturated carbocycles. The number of halogens is 1. The minimum Gasteiger partial charge on any atom is -0.268 e. The lowest BCUT2D eigenvalue weighted by Gasteiger charge is -2.15. The molecule has 0 saturated heterocycles. The van der Waals surface area contributed by atoms with E-state index in [0.717, 1.165) is 0 Å². The van der Waals surface area contributed by atoms with Crippen LogP contribution in [0.25, 0.3) is 5.57 Å². The number of imide groups is 1. The predicted molar refractivity (Wildman–Crippen MR) is 100 cm³/mol. The number of carbonyl (C=O) groups excluding carboxylic acids is 2. The quantitative estimate of drug-likeness (QED) is 0.740. The van der Waals surface area contributed by atoms with E-state index in [1.807, 2.05) is 32.0 Å². The molecule has 1 aliphatic heterocycles. The van der Waals surface area contributed by atoms with Crippen molar-refractivity contribution in [3.63, 3.8) is 0 Å². The molecule has 0 spiro atoms. The van der Waals surface area contributed by atoms with Gasteiger partial charge in [-0.25, -0.2) is 4.90 Å². The summed E-state index contributed by atoms with van der Waals surface area (Å²) in [4.78, 5) is 27.6. The molecule has 0 atom stereocenters. The second-order valence-electron chi connectivity index (χ2n) is 5.66. The van der Waals surface area contributed by atoms with Crippen LogP contribution in [-0.2, 0) is 9.59 Å². The summed E-state index contributed by atoms with van der Waals surface area (Å²) in [6.07, 6.45) is 0. The number of carbonyl (C=O) groups is 2. The van der Waals surface area contributed by atoms with Crippen molar-refractivity contribution < 1.29 is 9.59 Å². The SMILES string of the molecule is CC(C)SC1=C(c2ccc(Cl)cc2)C(=O)N(c2ccccc2)C1=O. The summed E-state index contributed by atoms with van der Waals surface area (Å²) in [5.41, 5.74) is 1.73. The Balaban J connectivity index is 2.10. The van der Waals surface area contributed by atoms with Crippen LogP contribution < -0.4 is 4.90 Å². The van der Waals surface area contributed by atoms with Crippen molar-refractivity contribution in [2.45, 2.75) is 19.1 Å². The summed E-state index contributed by atoms with van der Waals surface area (Å²) in [6.45, 7) is 4.00. The van der Waals surface area contributed by atoms with Crippen molar-refractivity contribution in [3.05, 3.63) is 70.1 Å². The zero-order valence-electron chi connectivity index (χ0n) is 13.3. The fourth-order valence-corrected chi connectivity index (χ4v) is 3.65. The number of hydrogen-bond acceptors (Lipinski definition) is 3. The van der Waals surface area contributed by atoms with Gasteiger partial charge in [0.05, 0.1) is 16.2 Å². The van der Waals surface area contributed by atoms with Crippen LogP contribution in [0.3, 0.4) is 0 Å². The van der Waals surface area contributed by atoms with Crippen molar-refractivity contribution in [3.8, 4) is 0 Å². The molecular weight excluding hydrogens is 342 g/mol. The first-order valence-electron chi connectivity index (χ1n) is 7.59.